The number of para-hydroxylation sites is 1. The van der Waals surface area contributed by atoms with Crippen LogP contribution in [0.5, 0.6) is 5.75 Å². The predicted molar refractivity (Wildman–Crippen MR) is 96.2 cm³/mol. The second-order valence-electron chi connectivity index (χ2n) is 5.20. The third kappa shape index (κ3) is 5.11. The van der Waals surface area contributed by atoms with E-state index in [0.29, 0.717) is 10.8 Å². The molecule has 0 saturated heterocycles. The molecule has 2 rings (SSSR count). The van der Waals surface area contributed by atoms with E-state index in [0.717, 1.165) is 5.56 Å². The minimum Gasteiger partial charge on any atom is -0.496 e. The lowest BCUT2D eigenvalue weighted by Gasteiger charge is -2.15. The molecule has 1 atom stereocenters. The van der Waals surface area contributed by atoms with Gasteiger partial charge in [0, 0.05) is 17.1 Å². The van der Waals surface area contributed by atoms with Crippen LogP contribution in [-0.2, 0) is 16.1 Å². The number of carbonyl (C=O) groups excluding carboxylic acids is 2. The van der Waals surface area contributed by atoms with Crippen LogP contribution < -0.4 is 10.1 Å². The van der Waals surface area contributed by atoms with Gasteiger partial charge in [0.1, 0.15) is 5.75 Å². The van der Waals surface area contributed by atoms with Crippen molar-refractivity contribution in [2.45, 2.75) is 19.6 Å². The van der Waals surface area contributed by atoms with Gasteiger partial charge < -0.3 is 14.8 Å². The standard InChI is InChI=1S/C18H17Cl2NO4/c1-11(25-18(23)14-8-7-13(19)9-15(14)20)17(22)21-10-12-5-3-4-6-16(12)24-2/h3-9,11H,10H2,1-2H3,(H,21,22)/t11-/m0/s1. The Hall–Kier alpha value is -2.24. The first kappa shape index (κ1) is 19.1. The Morgan fingerprint density at radius 2 is 1.88 bits per heavy atom. The molecular formula is C18H17Cl2NO4. The van der Waals surface area contributed by atoms with Gasteiger partial charge in [0.15, 0.2) is 6.10 Å². The molecule has 2 aromatic rings. The average molecular weight is 382 g/mol. The van der Waals surface area contributed by atoms with E-state index in [9.17, 15) is 9.59 Å². The molecular weight excluding hydrogens is 365 g/mol. The van der Waals surface area contributed by atoms with E-state index in [2.05, 4.69) is 5.32 Å². The maximum Gasteiger partial charge on any atom is 0.340 e. The highest BCUT2D eigenvalue weighted by Gasteiger charge is 2.20. The minimum absolute atomic E-state index is 0.149. The summed E-state index contributed by atoms with van der Waals surface area (Å²) in [5.41, 5.74) is 0.966. The number of benzene rings is 2. The maximum absolute atomic E-state index is 12.1. The lowest BCUT2D eigenvalue weighted by Crippen LogP contribution is -2.35. The van der Waals surface area contributed by atoms with Crippen LogP contribution in [0.25, 0.3) is 0 Å². The molecule has 7 heteroatoms. The van der Waals surface area contributed by atoms with E-state index in [4.69, 9.17) is 32.7 Å². The van der Waals surface area contributed by atoms with E-state index < -0.39 is 18.0 Å². The van der Waals surface area contributed by atoms with Crippen molar-refractivity contribution in [1.82, 2.24) is 5.32 Å². The lowest BCUT2D eigenvalue weighted by molar-refractivity contribution is -0.129. The van der Waals surface area contributed by atoms with Crippen LogP contribution in [0.3, 0.4) is 0 Å². The molecule has 0 aliphatic carbocycles. The molecule has 0 aliphatic rings. The fraction of sp³-hybridized carbons (Fsp3) is 0.222. The van der Waals surface area contributed by atoms with Crippen molar-refractivity contribution in [2.24, 2.45) is 0 Å². The highest BCUT2D eigenvalue weighted by molar-refractivity contribution is 6.36. The monoisotopic (exact) mass is 381 g/mol. The van der Waals surface area contributed by atoms with Gasteiger partial charge in [-0.3, -0.25) is 4.79 Å². The Bertz CT molecular complexity index is 779. The van der Waals surface area contributed by atoms with Gasteiger partial charge in [-0.05, 0) is 31.2 Å². The normalized spacial score (nSPS) is 11.5. The molecule has 1 N–H and O–H groups in total. The van der Waals surface area contributed by atoms with Crippen molar-refractivity contribution >= 4 is 35.1 Å². The molecule has 132 valence electrons. The highest BCUT2D eigenvalue weighted by Crippen LogP contribution is 2.22. The third-order valence-corrected chi connectivity index (χ3v) is 4.00. The van der Waals surface area contributed by atoms with Crippen LogP contribution in [-0.4, -0.2) is 25.1 Å². The predicted octanol–water partition coefficient (Wildman–Crippen LogP) is 3.86. The summed E-state index contributed by atoms with van der Waals surface area (Å²) < 4.78 is 10.4. The number of ether oxygens (including phenoxy) is 2. The third-order valence-electron chi connectivity index (χ3n) is 3.45. The van der Waals surface area contributed by atoms with Crippen molar-refractivity contribution in [3.63, 3.8) is 0 Å². The van der Waals surface area contributed by atoms with Crippen LogP contribution in [0.15, 0.2) is 42.5 Å². The number of amides is 1. The second-order valence-corrected chi connectivity index (χ2v) is 6.04. The quantitative estimate of drug-likeness (QED) is 0.771. The van der Waals surface area contributed by atoms with Crippen molar-refractivity contribution in [3.8, 4) is 5.75 Å². The van der Waals surface area contributed by atoms with E-state index in [1.807, 2.05) is 18.2 Å². The first-order valence-corrected chi connectivity index (χ1v) is 8.23. The summed E-state index contributed by atoms with van der Waals surface area (Å²) in [6.07, 6.45) is -0.978. The molecule has 5 nitrogen and oxygen atoms in total. The Kier molecular flexibility index (Phi) is 6.67. The molecule has 1 amide bonds. The van der Waals surface area contributed by atoms with Crippen LogP contribution in [0, 0.1) is 0 Å². The zero-order valence-corrected chi connectivity index (χ0v) is 15.2. The van der Waals surface area contributed by atoms with Crippen LogP contribution >= 0.6 is 23.2 Å². The fourth-order valence-corrected chi connectivity index (χ4v) is 2.59. The van der Waals surface area contributed by atoms with E-state index in [-0.39, 0.29) is 17.1 Å². The van der Waals surface area contributed by atoms with Crippen molar-refractivity contribution in [1.29, 1.82) is 0 Å². The Balaban J connectivity index is 1.94. The van der Waals surface area contributed by atoms with E-state index in [1.165, 1.54) is 25.1 Å². The van der Waals surface area contributed by atoms with Gasteiger partial charge in [0.25, 0.3) is 5.91 Å². The van der Waals surface area contributed by atoms with Crippen molar-refractivity contribution < 1.29 is 19.1 Å². The molecule has 0 aliphatic heterocycles. The number of carbonyl (C=O) groups is 2. The minimum atomic E-state index is -0.978. The van der Waals surface area contributed by atoms with Gasteiger partial charge in [-0.25, -0.2) is 4.79 Å². The lowest BCUT2D eigenvalue weighted by atomic mass is 10.2. The summed E-state index contributed by atoms with van der Waals surface area (Å²) in [5.74, 6) is -0.452. The maximum atomic E-state index is 12.1. The Labute approximate surface area is 155 Å². The topological polar surface area (TPSA) is 64.6 Å². The fourth-order valence-electron chi connectivity index (χ4n) is 2.11. The molecule has 0 heterocycles. The smallest absolute Gasteiger partial charge is 0.340 e. The molecule has 0 bridgehead atoms. The molecule has 0 radical (unpaired) electrons. The molecule has 25 heavy (non-hydrogen) atoms. The molecule has 0 aromatic heterocycles. The summed E-state index contributed by atoms with van der Waals surface area (Å²) in [4.78, 5) is 24.3. The second kappa shape index (κ2) is 8.74. The summed E-state index contributed by atoms with van der Waals surface area (Å²) in [7, 11) is 1.56. The van der Waals surface area contributed by atoms with Crippen LogP contribution in [0.2, 0.25) is 10.0 Å². The van der Waals surface area contributed by atoms with Gasteiger partial charge in [-0.2, -0.15) is 0 Å². The highest BCUT2D eigenvalue weighted by atomic mass is 35.5. The number of halogens is 2. The van der Waals surface area contributed by atoms with Gasteiger partial charge in [-0.1, -0.05) is 41.4 Å². The van der Waals surface area contributed by atoms with Gasteiger partial charge in [0.2, 0.25) is 0 Å². The zero-order valence-electron chi connectivity index (χ0n) is 13.7. The van der Waals surface area contributed by atoms with Gasteiger partial charge in [0.05, 0.1) is 17.7 Å². The number of rotatable bonds is 6. The van der Waals surface area contributed by atoms with Crippen molar-refractivity contribution in [2.75, 3.05) is 7.11 Å². The molecule has 0 saturated carbocycles. The molecule has 0 unspecified atom stereocenters. The first-order valence-electron chi connectivity index (χ1n) is 7.48. The largest absolute Gasteiger partial charge is 0.496 e. The molecule has 2 aromatic carbocycles. The van der Waals surface area contributed by atoms with E-state index >= 15 is 0 Å². The van der Waals surface area contributed by atoms with E-state index in [1.54, 1.807) is 13.2 Å². The summed E-state index contributed by atoms with van der Waals surface area (Å²) in [6, 6.07) is 11.7. The first-order chi connectivity index (χ1) is 11.9. The average Bonchev–Trinajstić information content (AvgIpc) is 2.59. The summed E-state index contributed by atoms with van der Waals surface area (Å²) in [6.45, 7) is 1.74. The number of nitrogens with one attached hydrogen (secondary N) is 1. The summed E-state index contributed by atoms with van der Waals surface area (Å²) >= 11 is 11.8. The Morgan fingerprint density at radius 3 is 2.56 bits per heavy atom. The summed E-state index contributed by atoms with van der Waals surface area (Å²) in [5, 5.41) is 3.28. The number of hydrogen-bond donors (Lipinski definition) is 1. The van der Waals surface area contributed by atoms with Crippen LogP contribution in [0.1, 0.15) is 22.8 Å². The molecule has 0 fully saturated rings. The Morgan fingerprint density at radius 1 is 1.16 bits per heavy atom. The van der Waals surface area contributed by atoms with Crippen molar-refractivity contribution in [3.05, 3.63) is 63.6 Å². The molecule has 0 spiro atoms. The number of methoxy groups -OCH3 is 1. The van der Waals surface area contributed by atoms with Gasteiger partial charge in [-0.15, -0.1) is 0 Å². The number of esters is 1. The zero-order chi connectivity index (χ0) is 18.4. The van der Waals surface area contributed by atoms with Crippen LogP contribution in [0.4, 0.5) is 0 Å². The number of hydrogen-bond acceptors (Lipinski definition) is 4. The van der Waals surface area contributed by atoms with Gasteiger partial charge >= 0.3 is 5.97 Å². The SMILES string of the molecule is COc1ccccc1CNC(=O)[C@H](C)OC(=O)c1ccc(Cl)cc1Cl.